The van der Waals surface area contributed by atoms with Crippen molar-refractivity contribution in [3.05, 3.63) is 25.3 Å². The fraction of sp³-hybridized carbons (Fsp3) is 0.375. The van der Waals surface area contributed by atoms with E-state index in [2.05, 4.69) is 13.2 Å². The highest BCUT2D eigenvalue weighted by Crippen LogP contribution is 1.97. The molecule has 12 heavy (non-hydrogen) atoms. The zero-order chi connectivity index (χ0) is 8.69. The molecular weight excluding hydrogens is 196 g/mol. The van der Waals surface area contributed by atoms with Gasteiger partial charge in [0.2, 0.25) is 5.75 Å². The van der Waals surface area contributed by atoms with Crippen LogP contribution in [0.2, 0.25) is 0 Å². The minimum absolute atomic E-state index is 0. The Morgan fingerprint density at radius 1 is 1.33 bits per heavy atom. The van der Waals surface area contributed by atoms with Gasteiger partial charge in [0.25, 0.3) is 0 Å². The van der Waals surface area contributed by atoms with Gasteiger partial charge in [-0.25, -0.2) is 4.79 Å². The fourth-order valence-electron chi connectivity index (χ4n) is 0.694. The van der Waals surface area contributed by atoms with Crippen LogP contribution in [0.5, 0.6) is 0 Å². The van der Waals surface area contributed by atoms with E-state index in [-0.39, 0.29) is 29.1 Å². The average molecular weight is 209 g/mol. The lowest BCUT2D eigenvalue weighted by atomic mass is 10.7. The van der Waals surface area contributed by atoms with Crippen molar-refractivity contribution in [2.45, 2.75) is 0 Å². The summed E-state index contributed by atoms with van der Waals surface area (Å²) >= 11 is 0. The first kappa shape index (κ1) is 14.1. The highest BCUT2D eigenvalue weighted by Gasteiger charge is 2.18. The number of aliphatic carboxylic acids is 1. The van der Waals surface area contributed by atoms with E-state index < -0.39 is 5.97 Å². The molecule has 0 atom stereocenters. The Labute approximate surface area is 82.1 Å². The molecular formula is C8H13ClO2S. The van der Waals surface area contributed by atoms with Gasteiger partial charge in [-0.15, -0.1) is 0 Å². The molecule has 4 heteroatoms. The zero-order valence-electron chi connectivity index (χ0n) is 6.83. The summed E-state index contributed by atoms with van der Waals surface area (Å²) in [5.74, 6) is 1.05. The lowest BCUT2D eigenvalue weighted by molar-refractivity contribution is -0.133. The van der Waals surface area contributed by atoms with Gasteiger partial charge in [-0.05, 0) is 12.2 Å². The summed E-state index contributed by atoms with van der Waals surface area (Å²) in [6.07, 6.45) is 3.52. The maximum absolute atomic E-state index is 10.3. The minimum Gasteiger partial charge on any atom is -1.00 e. The number of hydrogen-bond acceptors (Lipinski definition) is 1. The van der Waals surface area contributed by atoms with Crippen molar-refractivity contribution in [2.24, 2.45) is 0 Å². The summed E-state index contributed by atoms with van der Waals surface area (Å²) in [5, 5.41) is 8.48. The SMILES string of the molecule is C=CC[S+](CC=C)CC(=O)O.[Cl-]. The molecule has 0 unspecified atom stereocenters. The van der Waals surface area contributed by atoms with Gasteiger partial charge in [-0.1, -0.05) is 13.2 Å². The Bertz CT molecular complexity index is 149. The molecule has 0 fully saturated rings. The summed E-state index contributed by atoms with van der Waals surface area (Å²) in [6, 6.07) is 0. The van der Waals surface area contributed by atoms with Crippen LogP contribution in [0.15, 0.2) is 25.3 Å². The van der Waals surface area contributed by atoms with Crippen LogP contribution in [-0.2, 0) is 15.7 Å². The lowest BCUT2D eigenvalue weighted by Gasteiger charge is -1.99. The smallest absolute Gasteiger partial charge is 0.353 e. The molecule has 0 aromatic heterocycles. The highest BCUT2D eigenvalue weighted by molar-refractivity contribution is 7.97. The molecule has 0 saturated carbocycles. The molecule has 0 spiro atoms. The first-order valence-electron chi connectivity index (χ1n) is 3.28. The Balaban J connectivity index is 0. The van der Waals surface area contributed by atoms with Crippen molar-refractivity contribution in [3.63, 3.8) is 0 Å². The van der Waals surface area contributed by atoms with Gasteiger partial charge < -0.3 is 17.5 Å². The van der Waals surface area contributed by atoms with E-state index in [1.807, 2.05) is 0 Å². The van der Waals surface area contributed by atoms with E-state index in [9.17, 15) is 4.79 Å². The van der Waals surface area contributed by atoms with Crippen molar-refractivity contribution in [3.8, 4) is 0 Å². The van der Waals surface area contributed by atoms with E-state index in [1.54, 1.807) is 12.2 Å². The second-order valence-corrected chi connectivity index (χ2v) is 4.24. The van der Waals surface area contributed by atoms with Crippen LogP contribution in [0.1, 0.15) is 0 Å². The van der Waals surface area contributed by atoms with Crippen molar-refractivity contribution in [1.29, 1.82) is 0 Å². The van der Waals surface area contributed by atoms with Gasteiger partial charge in [-0.2, -0.15) is 0 Å². The van der Waals surface area contributed by atoms with Gasteiger partial charge in [0.15, 0.2) is 0 Å². The molecule has 0 rings (SSSR count). The summed E-state index contributed by atoms with van der Waals surface area (Å²) in [7, 11) is -0.0903. The molecule has 0 saturated heterocycles. The summed E-state index contributed by atoms with van der Waals surface area (Å²) in [5.41, 5.74) is 0. The summed E-state index contributed by atoms with van der Waals surface area (Å²) in [6.45, 7) is 7.14. The predicted molar refractivity (Wildman–Crippen MR) is 50.0 cm³/mol. The second-order valence-electron chi connectivity index (χ2n) is 2.06. The maximum atomic E-state index is 10.3. The molecule has 1 N–H and O–H groups in total. The molecule has 0 amide bonds. The van der Waals surface area contributed by atoms with Crippen molar-refractivity contribution >= 4 is 16.9 Å². The molecule has 0 radical (unpaired) electrons. The molecule has 0 aromatic rings. The predicted octanol–water partition coefficient (Wildman–Crippen LogP) is -1.93. The van der Waals surface area contributed by atoms with Gasteiger partial charge in [0.1, 0.15) is 11.5 Å². The normalized spacial score (nSPS) is 8.75. The minimum atomic E-state index is -0.739. The molecule has 0 aliphatic carbocycles. The molecule has 0 aliphatic rings. The van der Waals surface area contributed by atoms with Crippen molar-refractivity contribution < 1.29 is 22.3 Å². The van der Waals surface area contributed by atoms with Crippen LogP contribution in [-0.4, -0.2) is 28.3 Å². The van der Waals surface area contributed by atoms with Gasteiger partial charge in [0.05, 0.1) is 0 Å². The molecule has 0 aromatic carbocycles. The number of carbonyl (C=O) groups is 1. The highest BCUT2D eigenvalue weighted by atomic mass is 35.5. The Morgan fingerprint density at radius 2 is 1.75 bits per heavy atom. The fourth-order valence-corrected chi connectivity index (χ4v) is 2.08. The van der Waals surface area contributed by atoms with E-state index in [0.717, 1.165) is 11.5 Å². The van der Waals surface area contributed by atoms with Crippen molar-refractivity contribution in [1.82, 2.24) is 0 Å². The number of hydrogen-bond donors (Lipinski definition) is 1. The summed E-state index contributed by atoms with van der Waals surface area (Å²) < 4.78 is 0. The maximum Gasteiger partial charge on any atom is 0.353 e. The Morgan fingerprint density at radius 3 is 2.00 bits per heavy atom. The molecule has 2 nitrogen and oxygen atoms in total. The topological polar surface area (TPSA) is 37.3 Å². The van der Waals surface area contributed by atoms with Gasteiger partial charge in [0, 0.05) is 10.9 Å². The lowest BCUT2D eigenvalue weighted by Crippen LogP contribution is -3.00. The first-order chi connectivity index (χ1) is 5.20. The molecule has 70 valence electrons. The van der Waals surface area contributed by atoms with Crippen LogP contribution in [0.3, 0.4) is 0 Å². The number of carboxylic acid groups (broad SMARTS) is 1. The third-order valence-corrected chi connectivity index (χ3v) is 3.10. The largest absolute Gasteiger partial charge is 1.00 e. The second kappa shape index (κ2) is 8.68. The van der Waals surface area contributed by atoms with E-state index >= 15 is 0 Å². The van der Waals surface area contributed by atoms with E-state index in [4.69, 9.17) is 5.11 Å². The van der Waals surface area contributed by atoms with Crippen LogP contribution < -0.4 is 12.4 Å². The monoisotopic (exact) mass is 208 g/mol. The third kappa shape index (κ3) is 7.69. The van der Waals surface area contributed by atoms with E-state index in [1.165, 1.54) is 0 Å². The van der Waals surface area contributed by atoms with Crippen LogP contribution in [0, 0.1) is 0 Å². The van der Waals surface area contributed by atoms with Gasteiger partial charge in [-0.3, -0.25) is 0 Å². The zero-order valence-corrected chi connectivity index (χ0v) is 8.40. The molecule has 0 heterocycles. The van der Waals surface area contributed by atoms with Crippen LogP contribution in [0.4, 0.5) is 0 Å². The Hall–Kier alpha value is -0.410. The standard InChI is InChI=1S/C8H12O2S.ClH/c1-3-5-11(6-4-2)7-8(9)10;/h3-4H,1-2,5-7H2;1H. The quantitative estimate of drug-likeness (QED) is 0.408. The first-order valence-corrected chi connectivity index (χ1v) is 5.01. The molecule has 0 bridgehead atoms. The third-order valence-electron chi connectivity index (χ3n) is 1.03. The van der Waals surface area contributed by atoms with Crippen molar-refractivity contribution in [2.75, 3.05) is 17.3 Å². The van der Waals surface area contributed by atoms with E-state index in [0.29, 0.717) is 0 Å². The van der Waals surface area contributed by atoms with Crippen LogP contribution >= 0.6 is 0 Å². The molecule has 0 aliphatic heterocycles. The number of halogens is 1. The number of rotatable bonds is 6. The Kier molecular flexibility index (Phi) is 10.2. The van der Waals surface area contributed by atoms with Gasteiger partial charge >= 0.3 is 5.97 Å². The average Bonchev–Trinajstić information content (AvgIpc) is 1.87. The van der Waals surface area contributed by atoms with Crippen LogP contribution in [0.25, 0.3) is 0 Å². The number of carboxylic acids is 1. The summed E-state index contributed by atoms with van der Waals surface area (Å²) in [4.78, 5) is 10.3.